The third-order valence-corrected chi connectivity index (χ3v) is 18.6. The number of aliphatic hydroxyl groups is 1. The Kier molecular flexibility index (Phi) is 16.9. The largest absolute Gasteiger partial charge is 0.396 e. The van der Waals surface area contributed by atoms with Gasteiger partial charge in [-0.1, -0.05) is 20.8 Å². The number of ether oxygens (including phenoxy) is 10. The number of aliphatic hydroxyl groups excluding tert-OH is 1. The van der Waals surface area contributed by atoms with E-state index in [0.29, 0.717) is 42.1 Å². The Morgan fingerprint density at radius 1 is 0.587 bits per heavy atom. The second kappa shape index (κ2) is 22.3. The van der Waals surface area contributed by atoms with Crippen molar-refractivity contribution in [3.05, 3.63) is 0 Å². The SMILES string of the molecule is C[C@H](CCC(OC1CCCCO1)C(CO)COC1CCCCO1)[C@H]1CC[C@H]2[C@@H]3[C@H](OC4CCCCO4)C[C@@H]4C[C@H](OC5CCCCO5)CC[C@]4(C)[C@H]3C[C@H](OC3CCCCO3)[C@]12C. The number of hydrogen-bond acceptors (Lipinski definition) is 11. The van der Waals surface area contributed by atoms with E-state index in [4.69, 9.17) is 47.4 Å². The Hall–Kier alpha value is -0.440. The van der Waals surface area contributed by atoms with Crippen molar-refractivity contribution < 1.29 is 52.5 Å². The van der Waals surface area contributed by atoms with Gasteiger partial charge in [0.05, 0.1) is 37.6 Å². The van der Waals surface area contributed by atoms with Crippen molar-refractivity contribution in [3.63, 3.8) is 0 Å². The molecule has 9 fully saturated rings. The summed E-state index contributed by atoms with van der Waals surface area (Å²) >= 11 is 0. The fourth-order valence-electron chi connectivity index (χ4n) is 15.0. The average molecular weight is 889 g/mol. The summed E-state index contributed by atoms with van der Waals surface area (Å²) in [5.74, 6) is 2.77. The summed E-state index contributed by atoms with van der Waals surface area (Å²) in [4.78, 5) is 0. The predicted molar refractivity (Wildman–Crippen MR) is 238 cm³/mol. The van der Waals surface area contributed by atoms with Gasteiger partial charge in [0.15, 0.2) is 31.5 Å². The van der Waals surface area contributed by atoms with E-state index in [1.54, 1.807) is 0 Å². The summed E-state index contributed by atoms with van der Waals surface area (Å²) < 4.78 is 65.7. The van der Waals surface area contributed by atoms with Crippen molar-refractivity contribution in [3.8, 4) is 0 Å². The molecule has 63 heavy (non-hydrogen) atoms. The van der Waals surface area contributed by atoms with Crippen LogP contribution in [0.2, 0.25) is 0 Å². The van der Waals surface area contributed by atoms with Crippen molar-refractivity contribution in [2.75, 3.05) is 46.2 Å². The van der Waals surface area contributed by atoms with E-state index >= 15 is 0 Å². The maximum Gasteiger partial charge on any atom is 0.157 e. The Balaban J connectivity index is 0.961. The predicted octanol–water partition coefficient (Wildman–Crippen LogP) is 10.1. The number of rotatable bonds is 17. The lowest BCUT2D eigenvalue weighted by molar-refractivity contribution is -0.289. The Bertz CT molecular complexity index is 1360. The van der Waals surface area contributed by atoms with E-state index in [-0.39, 0.29) is 79.2 Å². The van der Waals surface area contributed by atoms with Gasteiger partial charge in [0.1, 0.15) is 0 Å². The minimum Gasteiger partial charge on any atom is -0.396 e. The van der Waals surface area contributed by atoms with Crippen LogP contribution in [0, 0.1) is 52.3 Å². The van der Waals surface area contributed by atoms with Gasteiger partial charge in [-0.3, -0.25) is 0 Å². The molecule has 0 bridgehead atoms. The van der Waals surface area contributed by atoms with Crippen LogP contribution in [0.1, 0.15) is 175 Å². The topological polar surface area (TPSA) is 113 Å². The first-order valence-corrected chi connectivity index (χ1v) is 26.7. The lowest BCUT2D eigenvalue weighted by Crippen LogP contribution is -2.64. The molecule has 4 saturated carbocycles. The molecule has 11 nitrogen and oxygen atoms in total. The van der Waals surface area contributed by atoms with Crippen molar-refractivity contribution >= 4 is 0 Å². The first-order chi connectivity index (χ1) is 30.8. The van der Waals surface area contributed by atoms with Crippen LogP contribution in [-0.2, 0) is 47.4 Å². The third-order valence-electron chi connectivity index (χ3n) is 18.6. The molecule has 11 heteroatoms. The van der Waals surface area contributed by atoms with Crippen LogP contribution in [0.4, 0.5) is 0 Å². The van der Waals surface area contributed by atoms with Crippen LogP contribution >= 0.6 is 0 Å². The molecule has 0 radical (unpaired) electrons. The second-order valence-electron chi connectivity index (χ2n) is 22.3. The zero-order chi connectivity index (χ0) is 43.2. The zero-order valence-electron chi connectivity index (χ0n) is 39.7. The lowest BCUT2D eigenvalue weighted by Gasteiger charge is -2.65. The maximum atomic E-state index is 10.9. The molecule has 0 aromatic carbocycles. The van der Waals surface area contributed by atoms with Crippen LogP contribution in [0.15, 0.2) is 0 Å². The van der Waals surface area contributed by atoms with Crippen LogP contribution in [-0.4, -0.2) is 107 Å². The van der Waals surface area contributed by atoms with Gasteiger partial charge < -0.3 is 52.5 Å². The van der Waals surface area contributed by atoms with Crippen molar-refractivity contribution in [1.29, 1.82) is 0 Å². The molecule has 0 aromatic rings. The van der Waals surface area contributed by atoms with E-state index in [1.807, 2.05) is 0 Å². The molecule has 5 saturated heterocycles. The molecule has 5 heterocycles. The molecule has 9 rings (SSSR count). The van der Waals surface area contributed by atoms with E-state index < -0.39 is 0 Å². The molecule has 1 N–H and O–H groups in total. The van der Waals surface area contributed by atoms with Crippen LogP contribution in [0.25, 0.3) is 0 Å². The van der Waals surface area contributed by atoms with Gasteiger partial charge in [-0.05, 0) is 195 Å². The molecular formula is C52H88O11. The molecular weight excluding hydrogens is 801 g/mol. The standard InChI is InChI=1S/C52H88O11/c1-35(19-22-42(61-47-16-6-11-27-56-47)36(33-53)34-59-45-14-4-9-25-54-45)39-20-21-40-50-41(32-44(52(39,40)3)63-49-18-8-13-29-58-49)51(2)24-23-38(60-46-15-5-10-26-55-46)30-37(51)31-43(50)62-48-17-7-12-28-57-48/h35-50,53H,4-34H2,1-3H3/t35-,36?,37+,38-,39-,40+,41+,42?,43-,44+,45?,46?,47?,48?,49?,50+,51+,52-/m1/s1. The molecule has 4 aliphatic carbocycles. The molecule has 9 aliphatic rings. The summed E-state index contributed by atoms with van der Waals surface area (Å²) in [7, 11) is 0. The molecule has 7 unspecified atom stereocenters. The smallest absolute Gasteiger partial charge is 0.157 e. The average Bonchev–Trinajstić information content (AvgIpc) is 3.68. The highest BCUT2D eigenvalue weighted by Crippen LogP contribution is 2.70. The fraction of sp³-hybridized carbons (Fsp3) is 1.00. The number of hydrogen-bond donors (Lipinski definition) is 1. The van der Waals surface area contributed by atoms with E-state index in [2.05, 4.69) is 20.8 Å². The first-order valence-electron chi connectivity index (χ1n) is 26.7. The van der Waals surface area contributed by atoms with Gasteiger partial charge >= 0.3 is 0 Å². The van der Waals surface area contributed by atoms with Crippen molar-refractivity contribution in [2.45, 2.75) is 231 Å². The van der Waals surface area contributed by atoms with Crippen LogP contribution in [0.5, 0.6) is 0 Å². The van der Waals surface area contributed by atoms with Gasteiger partial charge in [0.2, 0.25) is 0 Å². The normalized spacial score (nSPS) is 45.0. The van der Waals surface area contributed by atoms with Crippen molar-refractivity contribution in [1.82, 2.24) is 0 Å². The summed E-state index contributed by atoms with van der Waals surface area (Å²) in [5, 5.41) is 10.9. The van der Waals surface area contributed by atoms with E-state index in [9.17, 15) is 5.11 Å². The lowest BCUT2D eigenvalue weighted by atomic mass is 9.43. The maximum absolute atomic E-state index is 10.9. The summed E-state index contributed by atoms with van der Waals surface area (Å²) in [6.45, 7) is 12.1. The Labute approximate surface area is 380 Å². The fourth-order valence-corrected chi connectivity index (χ4v) is 15.0. The summed E-state index contributed by atoms with van der Waals surface area (Å²) in [6.07, 6.45) is 25.6. The van der Waals surface area contributed by atoms with E-state index in [0.717, 1.165) is 149 Å². The van der Waals surface area contributed by atoms with Crippen LogP contribution in [0.3, 0.4) is 0 Å². The highest BCUT2D eigenvalue weighted by Gasteiger charge is 2.67. The molecule has 0 spiro atoms. The summed E-state index contributed by atoms with van der Waals surface area (Å²) in [6, 6.07) is 0. The van der Waals surface area contributed by atoms with Gasteiger partial charge in [0, 0.05) is 44.4 Å². The monoisotopic (exact) mass is 889 g/mol. The molecule has 362 valence electrons. The quantitative estimate of drug-likeness (QED) is 0.141. The van der Waals surface area contributed by atoms with Gasteiger partial charge in [0.25, 0.3) is 0 Å². The van der Waals surface area contributed by atoms with Crippen LogP contribution < -0.4 is 0 Å². The molecule has 5 aliphatic heterocycles. The van der Waals surface area contributed by atoms with Gasteiger partial charge in [-0.25, -0.2) is 0 Å². The number of fused-ring (bicyclic) bond motifs is 5. The molecule has 0 aromatic heterocycles. The van der Waals surface area contributed by atoms with Gasteiger partial charge in [-0.2, -0.15) is 0 Å². The zero-order valence-corrected chi connectivity index (χ0v) is 39.7. The third kappa shape index (κ3) is 11.1. The minimum atomic E-state index is -0.222. The Morgan fingerprint density at radius 2 is 1.17 bits per heavy atom. The minimum absolute atomic E-state index is 0.0230. The highest BCUT2D eigenvalue weighted by molar-refractivity contribution is 5.15. The molecule has 0 amide bonds. The summed E-state index contributed by atoms with van der Waals surface area (Å²) in [5.41, 5.74) is 0.167. The van der Waals surface area contributed by atoms with Gasteiger partial charge in [-0.15, -0.1) is 0 Å². The second-order valence-corrected chi connectivity index (χ2v) is 22.3. The molecule has 18 atom stereocenters. The first kappa shape index (κ1) is 47.6. The Morgan fingerprint density at radius 3 is 1.78 bits per heavy atom. The van der Waals surface area contributed by atoms with E-state index in [1.165, 1.54) is 38.5 Å². The highest BCUT2D eigenvalue weighted by atomic mass is 16.7. The van der Waals surface area contributed by atoms with Crippen molar-refractivity contribution in [2.24, 2.45) is 52.3 Å².